The number of nitrogens with two attached hydrogens (primary N) is 1. The van der Waals surface area contributed by atoms with Crippen LogP contribution in [0.5, 0.6) is 0 Å². The normalized spacial score (nSPS) is 15.6. The topological polar surface area (TPSA) is 56.3 Å². The minimum absolute atomic E-state index is 0.773. The van der Waals surface area contributed by atoms with Crippen LogP contribution in [0.1, 0.15) is 5.82 Å². The van der Waals surface area contributed by atoms with Crippen LogP contribution in [0.2, 0.25) is 0 Å². The van der Waals surface area contributed by atoms with Crippen LogP contribution in [-0.4, -0.2) is 35.9 Å². The van der Waals surface area contributed by atoms with Gasteiger partial charge in [-0.3, -0.25) is 0 Å². The van der Waals surface area contributed by atoms with E-state index in [1.165, 1.54) is 0 Å². The highest BCUT2D eigenvalue weighted by molar-refractivity contribution is 5.72. The van der Waals surface area contributed by atoms with E-state index in [1.807, 2.05) is 32.3 Å². The number of hydrogen-bond donors (Lipinski definition) is 1. The van der Waals surface area contributed by atoms with Crippen molar-refractivity contribution in [2.75, 3.05) is 36.9 Å². The fourth-order valence-corrected chi connectivity index (χ4v) is 2.56. The van der Waals surface area contributed by atoms with Crippen molar-refractivity contribution in [3.63, 3.8) is 0 Å². The fraction of sp³-hybridized carbons (Fsp3) is 0.400. The molecule has 0 radical (unpaired) electrons. The predicted molar refractivity (Wildman–Crippen MR) is 80.8 cm³/mol. The van der Waals surface area contributed by atoms with Crippen LogP contribution in [0.4, 0.5) is 11.4 Å². The first kappa shape index (κ1) is 13.0. The monoisotopic (exact) mass is 272 g/mol. The summed E-state index contributed by atoms with van der Waals surface area (Å²) in [5.41, 5.74) is 10.2. The van der Waals surface area contributed by atoms with Gasteiger partial charge in [-0.05, 0) is 25.1 Å². The molecule has 2 heterocycles. The molecule has 1 aromatic carbocycles. The lowest BCUT2D eigenvalue weighted by Crippen LogP contribution is -2.36. The molecule has 0 bridgehead atoms. The van der Waals surface area contributed by atoms with E-state index in [0.717, 1.165) is 54.8 Å². The summed E-state index contributed by atoms with van der Waals surface area (Å²) in [7, 11) is 2.02. The molecule has 5 heteroatoms. The molecule has 0 unspecified atom stereocenters. The molecule has 3 rings (SSSR count). The largest absolute Gasteiger partial charge is 0.399 e. The lowest BCUT2D eigenvalue weighted by molar-refractivity contribution is 0.122. The van der Waals surface area contributed by atoms with Crippen molar-refractivity contribution < 1.29 is 4.74 Å². The number of imidazole rings is 1. The molecular formula is C15H20N4O. The number of nitrogen functional groups attached to an aromatic ring is 1. The highest BCUT2D eigenvalue weighted by Gasteiger charge is 2.14. The zero-order chi connectivity index (χ0) is 14.1. The first-order chi connectivity index (χ1) is 9.65. The smallest absolute Gasteiger partial charge is 0.105 e. The molecule has 1 aliphatic rings. The van der Waals surface area contributed by atoms with Gasteiger partial charge in [0, 0.05) is 37.1 Å². The highest BCUT2D eigenvalue weighted by Crippen LogP contribution is 2.28. The van der Waals surface area contributed by atoms with Crippen LogP contribution >= 0.6 is 0 Å². The summed E-state index contributed by atoms with van der Waals surface area (Å²) in [6, 6.07) is 6.20. The summed E-state index contributed by atoms with van der Waals surface area (Å²) in [6.07, 6.45) is 1.90. The first-order valence-corrected chi connectivity index (χ1v) is 6.87. The SMILES string of the molecule is Cc1ncc(-c2cc(N)cc(N3CCOCC3)c2)n1C. The van der Waals surface area contributed by atoms with Crippen LogP contribution in [0.15, 0.2) is 24.4 Å². The van der Waals surface area contributed by atoms with Crippen LogP contribution in [0.3, 0.4) is 0 Å². The van der Waals surface area contributed by atoms with Crippen LogP contribution in [0, 0.1) is 6.92 Å². The van der Waals surface area contributed by atoms with E-state index in [-0.39, 0.29) is 0 Å². The van der Waals surface area contributed by atoms with Crippen molar-refractivity contribution in [1.29, 1.82) is 0 Å². The number of aromatic nitrogens is 2. The van der Waals surface area contributed by atoms with Crippen molar-refractivity contribution >= 4 is 11.4 Å². The second-order valence-corrected chi connectivity index (χ2v) is 5.16. The van der Waals surface area contributed by atoms with Crippen LogP contribution < -0.4 is 10.6 Å². The Morgan fingerprint density at radius 1 is 1.20 bits per heavy atom. The van der Waals surface area contributed by atoms with Gasteiger partial charge in [-0.2, -0.15) is 0 Å². The minimum Gasteiger partial charge on any atom is -0.399 e. The zero-order valence-corrected chi connectivity index (χ0v) is 12.0. The number of ether oxygens (including phenoxy) is 1. The summed E-state index contributed by atoms with van der Waals surface area (Å²) in [6.45, 7) is 5.36. The molecule has 2 N–H and O–H groups in total. The average molecular weight is 272 g/mol. The molecule has 0 amide bonds. The van der Waals surface area contributed by atoms with Crippen LogP contribution in [-0.2, 0) is 11.8 Å². The van der Waals surface area contributed by atoms with Crippen molar-refractivity contribution in [2.24, 2.45) is 7.05 Å². The Hall–Kier alpha value is -2.01. The maximum absolute atomic E-state index is 6.07. The lowest BCUT2D eigenvalue weighted by atomic mass is 10.1. The van der Waals surface area contributed by atoms with E-state index in [2.05, 4.69) is 20.5 Å². The Kier molecular flexibility index (Phi) is 3.36. The summed E-state index contributed by atoms with van der Waals surface area (Å²) in [5.74, 6) is 0.996. The van der Waals surface area contributed by atoms with E-state index in [9.17, 15) is 0 Å². The molecule has 2 aromatic rings. The van der Waals surface area contributed by atoms with Crippen LogP contribution in [0.25, 0.3) is 11.3 Å². The molecule has 5 nitrogen and oxygen atoms in total. The fourth-order valence-electron chi connectivity index (χ4n) is 2.56. The molecule has 0 aliphatic carbocycles. The minimum atomic E-state index is 0.773. The van der Waals surface area contributed by atoms with Gasteiger partial charge in [0.2, 0.25) is 0 Å². The second-order valence-electron chi connectivity index (χ2n) is 5.16. The quantitative estimate of drug-likeness (QED) is 0.847. The Labute approximate surface area is 119 Å². The van der Waals surface area contributed by atoms with E-state index in [0.29, 0.717) is 0 Å². The maximum atomic E-state index is 6.07. The Morgan fingerprint density at radius 3 is 2.60 bits per heavy atom. The Morgan fingerprint density at radius 2 is 1.95 bits per heavy atom. The Bertz CT molecular complexity index is 614. The van der Waals surface area contributed by atoms with Gasteiger partial charge in [-0.15, -0.1) is 0 Å². The number of nitrogens with zero attached hydrogens (tertiary/aromatic N) is 3. The first-order valence-electron chi connectivity index (χ1n) is 6.87. The number of benzene rings is 1. The summed E-state index contributed by atoms with van der Waals surface area (Å²) >= 11 is 0. The van der Waals surface area contributed by atoms with Gasteiger partial charge in [0.05, 0.1) is 25.1 Å². The maximum Gasteiger partial charge on any atom is 0.105 e. The van der Waals surface area contributed by atoms with Crippen molar-refractivity contribution in [3.8, 4) is 11.3 Å². The van der Waals surface area contributed by atoms with Gasteiger partial charge in [0.1, 0.15) is 5.82 Å². The molecule has 0 spiro atoms. The molecule has 0 atom stereocenters. The molecule has 106 valence electrons. The number of aryl methyl sites for hydroxylation is 1. The number of anilines is 2. The molecule has 0 saturated carbocycles. The molecular weight excluding hydrogens is 252 g/mol. The molecule has 20 heavy (non-hydrogen) atoms. The standard InChI is InChI=1S/C15H20N4O/c1-11-17-10-15(18(11)2)12-7-13(16)9-14(8-12)19-3-5-20-6-4-19/h7-10H,3-6,16H2,1-2H3. The van der Waals surface area contributed by atoms with Gasteiger partial charge < -0.3 is 19.9 Å². The summed E-state index contributed by atoms with van der Waals surface area (Å²) in [4.78, 5) is 6.67. The van der Waals surface area contributed by atoms with Gasteiger partial charge in [0.25, 0.3) is 0 Å². The van der Waals surface area contributed by atoms with Gasteiger partial charge in [0.15, 0.2) is 0 Å². The second kappa shape index (κ2) is 5.17. The van der Waals surface area contributed by atoms with E-state index in [1.54, 1.807) is 0 Å². The summed E-state index contributed by atoms with van der Waals surface area (Å²) in [5, 5.41) is 0. The summed E-state index contributed by atoms with van der Waals surface area (Å²) < 4.78 is 7.48. The Balaban J connectivity index is 2.00. The molecule has 1 fully saturated rings. The zero-order valence-electron chi connectivity index (χ0n) is 12.0. The third-order valence-electron chi connectivity index (χ3n) is 3.83. The number of morpholine rings is 1. The van der Waals surface area contributed by atoms with Gasteiger partial charge in [-0.1, -0.05) is 0 Å². The number of rotatable bonds is 2. The van der Waals surface area contributed by atoms with E-state index in [4.69, 9.17) is 10.5 Å². The van der Waals surface area contributed by atoms with Crippen molar-refractivity contribution in [1.82, 2.24) is 9.55 Å². The molecule has 1 aromatic heterocycles. The number of hydrogen-bond acceptors (Lipinski definition) is 4. The van der Waals surface area contributed by atoms with E-state index < -0.39 is 0 Å². The van der Waals surface area contributed by atoms with Crippen molar-refractivity contribution in [2.45, 2.75) is 6.92 Å². The third kappa shape index (κ3) is 2.36. The lowest BCUT2D eigenvalue weighted by Gasteiger charge is -2.29. The van der Waals surface area contributed by atoms with Gasteiger partial charge in [-0.25, -0.2) is 4.98 Å². The molecule has 1 aliphatic heterocycles. The van der Waals surface area contributed by atoms with E-state index >= 15 is 0 Å². The van der Waals surface area contributed by atoms with Crippen molar-refractivity contribution in [3.05, 3.63) is 30.2 Å². The highest BCUT2D eigenvalue weighted by atomic mass is 16.5. The molecule has 1 saturated heterocycles. The predicted octanol–water partition coefficient (Wildman–Crippen LogP) is 1.81. The average Bonchev–Trinajstić information content (AvgIpc) is 2.79. The third-order valence-corrected chi connectivity index (χ3v) is 3.83. The van der Waals surface area contributed by atoms with Gasteiger partial charge >= 0.3 is 0 Å².